The van der Waals surface area contributed by atoms with Gasteiger partial charge in [-0.2, -0.15) is 4.98 Å². The summed E-state index contributed by atoms with van der Waals surface area (Å²) in [5.41, 5.74) is 1.11. The largest absolute Gasteiger partial charge is 0.338 e. The van der Waals surface area contributed by atoms with Gasteiger partial charge in [0.1, 0.15) is 0 Å². The van der Waals surface area contributed by atoms with Crippen molar-refractivity contribution in [2.75, 3.05) is 6.54 Å². The molecule has 1 aliphatic rings. The minimum absolute atomic E-state index is 0.224. The Balaban J connectivity index is 1.76. The van der Waals surface area contributed by atoms with E-state index >= 15 is 0 Å². The molecule has 2 aromatic heterocycles. The summed E-state index contributed by atoms with van der Waals surface area (Å²) in [7, 11) is 0. The summed E-state index contributed by atoms with van der Waals surface area (Å²) in [4.78, 5) is 8.25. The molecule has 0 aromatic carbocycles. The highest BCUT2D eigenvalue weighted by atomic mass is 32.1. The van der Waals surface area contributed by atoms with Crippen molar-refractivity contribution < 1.29 is 4.52 Å². The molecule has 0 amide bonds. The van der Waals surface area contributed by atoms with E-state index in [4.69, 9.17) is 4.52 Å². The molecule has 0 N–H and O–H groups in total. The molecule has 0 aliphatic carbocycles. The Morgan fingerprint density at radius 2 is 2.09 bits per heavy atom. The van der Waals surface area contributed by atoms with Gasteiger partial charge in [0.2, 0.25) is 5.89 Å². The zero-order valence-electron chi connectivity index (χ0n) is 13.6. The second-order valence-corrected chi connectivity index (χ2v) is 7.35. The van der Waals surface area contributed by atoms with E-state index in [2.05, 4.69) is 52.3 Å². The molecule has 0 radical (unpaired) electrons. The van der Waals surface area contributed by atoms with Crippen LogP contribution in [0.1, 0.15) is 80.7 Å². The fourth-order valence-electron chi connectivity index (χ4n) is 2.86. The highest BCUT2D eigenvalue weighted by molar-refractivity contribution is 7.05. The Hall–Kier alpha value is -1.34. The second kappa shape index (κ2) is 6.42. The quantitative estimate of drug-likeness (QED) is 0.839. The number of hydrogen-bond donors (Lipinski definition) is 0. The average Bonchev–Trinajstić information content (AvgIpc) is 3.17. The van der Waals surface area contributed by atoms with Gasteiger partial charge in [0.15, 0.2) is 5.82 Å². The third-order valence-corrected chi connectivity index (χ3v) is 4.82. The van der Waals surface area contributed by atoms with Gasteiger partial charge in [0, 0.05) is 12.5 Å². The lowest BCUT2D eigenvalue weighted by molar-refractivity contribution is 0.201. The molecule has 0 bridgehead atoms. The van der Waals surface area contributed by atoms with Crippen molar-refractivity contribution in [1.82, 2.24) is 24.6 Å². The van der Waals surface area contributed by atoms with E-state index in [1.807, 2.05) is 0 Å². The van der Waals surface area contributed by atoms with E-state index in [1.54, 1.807) is 0 Å². The predicted molar refractivity (Wildman–Crippen MR) is 84.8 cm³/mol. The van der Waals surface area contributed by atoms with Gasteiger partial charge in [0.25, 0.3) is 0 Å². The lowest BCUT2D eigenvalue weighted by Crippen LogP contribution is -2.23. The van der Waals surface area contributed by atoms with Crippen molar-refractivity contribution >= 4 is 11.5 Å². The van der Waals surface area contributed by atoms with Crippen LogP contribution in [0.15, 0.2) is 4.52 Å². The molecule has 1 saturated heterocycles. The third kappa shape index (κ3) is 3.05. The number of likely N-dealkylation sites (tertiary alicyclic amines) is 1. The number of rotatable bonds is 5. The third-order valence-electron chi connectivity index (χ3n) is 4.10. The Labute approximate surface area is 135 Å². The van der Waals surface area contributed by atoms with Gasteiger partial charge in [-0.15, -0.1) is 5.10 Å². The smallest absolute Gasteiger partial charge is 0.244 e. The Kier molecular flexibility index (Phi) is 4.54. The van der Waals surface area contributed by atoms with Crippen LogP contribution in [0.5, 0.6) is 0 Å². The summed E-state index contributed by atoms with van der Waals surface area (Å²) in [5.74, 6) is 2.25. The van der Waals surface area contributed by atoms with E-state index < -0.39 is 0 Å². The summed E-state index contributed by atoms with van der Waals surface area (Å²) < 4.78 is 9.63. The summed E-state index contributed by atoms with van der Waals surface area (Å²) in [6.45, 7) is 10.4. The number of aromatic nitrogens is 4. The fourth-order valence-corrected chi connectivity index (χ4v) is 3.68. The maximum atomic E-state index is 5.51. The summed E-state index contributed by atoms with van der Waals surface area (Å²) in [6.07, 6.45) is 2.23. The molecule has 6 nitrogen and oxygen atoms in total. The zero-order valence-corrected chi connectivity index (χ0v) is 14.4. The fraction of sp³-hybridized carbons (Fsp3) is 0.733. The molecule has 7 heteroatoms. The lowest BCUT2D eigenvalue weighted by Gasteiger charge is -2.21. The monoisotopic (exact) mass is 321 g/mol. The van der Waals surface area contributed by atoms with Gasteiger partial charge in [0.05, 0.1) is 16.6 Å². The maximum Gasteiger partial charge on any atom is 0.244 e. The topological polar surface area (TPSA) is 67.9 Å². The molecule has 1 unspecified atom stereocenters. The van der Waals surface area contributed by atoms with E-state index in [1.165, 1.54) is 16.4 Å². The maximum absolute atomic E-state index is 5.51. The number of nitrogens with zero attached hydrogens (tertiary/aromatic N) is 5. The molecule has 1 aliphatic heterocycles. The molecule has 0 spiro atoms. The minimum Gasteiger partial charge on any atom is -0.338 e. The molecule has 2 aromatic rings. The Bertz CT molecular complexity index is 621. The molecule has 1 fully saturated rings. The van der Waals surface area contributed by atoms with Gasteiger partial charge in [-0.3, -0.25) is 4.90 Å². The molecule has 3 rings (SSSR count). The first-order chi connectivity index (χ1) is 10.6. The zero-order chi connectivity index (χ0) is 15.7. The molecule has 1 atom stereocenters. The van der Waals surface area contributed by atoms with Gasteiger partial charge in [-0.25, -0.2) is 0 Å². The van der Waals surface area contributed by atoms with E-state index in [-0.39, 0.29) is 6.04 Å². The predicted octanol–water partition coefficient (Wildman–Crippen LogP) is 3.51. The first kappa shape index (κ1) is 15.6. The van der Waals surface area contributed by atoms with Crippen LogP contribution in [0, 0.1) is 0 Å². The Morgan fingerprint density at radius 1 is 1.27 bits per heavy atom. The van der Waals surface area contributed by atoms with Gasteiger partial charge in [-0.1, -0.05) is 37.3 Å². The minimum atomic E-state index is 0.224. The molecular weight excluding hydrogens is 298 g/mol. The summed E-state index contributed by atoms with van der Waals surface area (Å²) in [5, 5.41) is 8.38. The normalized spacial score (nSPS) is 19.6. The molecule has 0 saturated carbocycles. The van der Waals surface area contributed by atoms with Crippen molar-refractivity contribution in [3.63, 3.8) is 0 Å². The van der Waals surface area contributed by atoms with Crippen molar-refractivity contribution in [2.45, 2.75) is 65.0 Å². The standard InChI is InChI=1S/C15H23N5OS/c1-9(2)13-12(22-19-17-13)8-20-7-5-6-11(20)15-16-14(10(3)4)18-21-15/h9-11H,5-8H2,1-4H3. The van der Waals surface area contributed by atoms with Crippen molar-refractivity contribution in [3.8, 4) is 0 Å². The van der Waals surface area contributed by atoms with Crippen LogP contribution < -0.4 is 0 Å². The first-order valence-corrected chi connectivity index (χ1v) is 8.72. The van der Waals surface area contributed by atoms with Crippen molar-refractivity contribution in [2.24, 2.45) is 0 Å². The van der Waals surface area contributed by atoms with E-state index in [0.29, 0.717) is 11.8 Å². The first-order valence-electron chi connectivity index (χ1n) is 7.95. The Morgan fingerprint density at radius 3 is 2.77 bits per heavy atom. The van der Waals surface area contributed by atoms with Crippen molar-refractivity contribution in [3.05, 3.63) is 22.3 Å². The molecule has 3 heterocycles. The van der Waals surface area contributed by atoms with Gasteiger partial charge < -0.3 is 4.52 Å². The molecular formula is C15H23N5OS. The van der Waals surface area contributed by atoms with Crippen LogP contribution in [0.2, 0.25) is 0 Å². The average molecular weight is 321 g/mol. The molecule has 22 heavy (non-hydrogen) atoms. The lowest BCUT2D eigenvalue weighted by atomic mass is 10.1. The number of hydrogen-bond acceptors (Lipinski definition) is 7. The van der Waals surface area contributed by atoms with Crippen LogP contribution in [0.3, 0.4) is 0 Å². The second-order valence-electron chi connectivity index (χ2n) is 6.51. The van der Waals surface area contributed by atoms with Gasteiger partial charge in [-0.05, 0) is 36.8 Å². The SMILES string of the molecule is CC(C)c1noc(C2CCCN2Cc2snnc2C(C)C)n1. The van der Waals surface area contributed by atoms with Gasteiger partial charge >= 0.3 is 0 Å². The van der Waals surface area contributed by atoms with E-state index in [9.17, 15) is 0 Å². The van der Waals surface area contributed by atoms with Crippen molar-refractivity contribution in [1.29, 1.82) is 0 Å². The van der Waals surface area contributed by atoms with Crippen LogP contribution >= 0.6 is 11.5 Å². The van der Waals surface area contributed by atoms with Crippen LogP contribution in [-0.4, -0.2) is 31.2 Å². The highest BCUT2D eigenvalue weighted by Gasteiger charge is 2.32. The van der Waals surface area contributed by atoms with Crippen LogP contribution in [0.25, 0.3) is 0 Å². The highest BCUT2D eigenvalue weighted by Crippen LogP contribution is 2.34. The van der Waals surface area contributed by atoms with Crippen LogP contribution in [0.4, 0.5) is 0 Å². The molecule has 120 valence electrons. The van der Waals surface area contributed by atoms with Crippen LogP contribution in [-0.2, 0) is 6.54 Å². The summed E-state index contributed by atoms with van der Waals surface area (Å²) >= 11 is 1.50. The van der Waals surface area contributed by atoms with E-state index in [0.717, 1.165) is 43.3 Å². The summed E-state index contributed by atoms with van der Waals surface area (Å²) in [6, 6.07) is 0.224.